The highest BCUT2D eigenvalue weighted by Crippen LogP contribution is 1.98. The Kier molecular flexibility index (Phi) is 1.42. The highest BCUT2D eigenvalue weighted by Gasteiger charge is 2.06. The quantitative estimate of drug-likeness (QED) is 0.487. The van der Waals surface area contributed by atoms with Gasteiger partial charge in [-0.25, -0.2) is 9.78 Å². The molecule has 0 aliphatic heterocycles. The van der Waals surface area contributed by atoms with E-state index in [1.165, 1.54) is 0 Å². The fourth-order valence-corrected chi connectivity index (χ4v) is 1.11. The second-order valence-electron chi connectivity index (χ2n) is 2.65. The number of nitrogens with zero attached hydrogens (tertiary/aromatic N) is 2. The molecule has 0 aromatic carbocycles. The predicted octanol–water partition coefficient (Wildman–Crippen LogP) is -1.35. The first-order valence-corrected chi connectivity index (χ1v) is 3.56. The van der Waals surface area contributed by atoms with Crippen molar-refractivity contribution in [3.05, 3.63) is 26.7 Å². The first kappa shape index (κ1) is 7.84. The number of rotatable bonds is 0. The number of hydrogen-bond donors (Lipinski definition) is 2. The molecule has 0 amide bonds. The van der Waals surface area contributed by atoms with Gasteiger partial charge < -0.3 is 9.46 Å². The van der Waals surface area contributed by atoms with Crippen molar-refractivity contribution in [1.29, 1.82) is 0 Å². The van der Waals surface area contributed by atoms with Crippen molar-refractivity contribution < 1.29 is 0 Å². The molecule has 0 saturated carbocycles. The van der Waals surface area contributed by atoms with Crippen LogP contribution >= 0.6 is 0 Å². The van der Waals surface area contributed by atoms with Crippen molar-refractivity contribution in [1.82, 2.24) is 19.4 Å². The Morgan fingerprint density at radius 1 is 1.38 bits per heavy atom. The normalized spacial score (nSPS) is 10.8. The topological polar surface area (TPSA) is 83.5 Å². The lowest BCUT2D eigenvalue weighted by Gasteiger charge is -1.93. The third-order valence-corrected chi connectivity index (χ3v) is 1.70. The van der Waals surface area contributed by atoms with E-state index in [0.717, 1.165) is 0 Å². The van der Waals surface area contributed by atoms with Gasteiger partial charge in [0.1, 0.15) is 11.3 Å². The number of aryl methyl sites for hydroxylation is 1. The molecule has 2 N–H and O–H groups in total. The molecule has 13 heavy (non-hydrogen) atoms. The standard InChI is InChI=1S/C6H5BN4O2/c1-2-8-3-4(9-2)10-6(13)11(7)5(3)12/h1H3,(H,8,9)(H,10,13). The van der Waals surface area contributed by atoms with E-state index in [1.54, 1.807) is 6.92 Å². The van der Waals surface area contributed by atoms with Crippen LogP contribution in [0.4, 0.5) is 0 Å². The molecule has 0 unspecified atom stereocenters. The number of nitrogens with one attached hydrogen (secondary N) is 2. The summed E-state index contributed by atoms with van der Waals surface area (Å²) in [5.74, 6) is 0.550. The van der Waals surface area contributed by atoms with Gasteiger partial charge in [0.05, 0.1) is 0 Å². The van der Waals surface area contributed by atoms with E-state index >= 15 is 0 Å². The van der Waals surface area contributed by atoms with Gasteiger partial charge in [-0.15, -0.1) is 0 Å². The number of H-pyrrole nitrogens is 2. The van der Waals surface area contributed by atoms with Crippen molar-refractivity contribution in [2.75, 3.05) is 0 Å². The molecule has 2 aromatic heterocycles. The maximum atomic E-state index is 11.3. The van der Waals surface area contributed by atoms with E-state index in [0.29, 0.717) is 10.3 Å². The van der Waals surface area contributed by atoms with Crippen LogP contribution in [-0.4, -0.2) is 27.4 Å². The Morgan fingerprint density at radius 3 is 2.77 bits per heavy atom. The van der Waals surface area contributed by atoms with Gasteiger partial charge in [-0.2, -0.15) is 0 Å². The Hall–Kier alpha value is -1.79. The highest BCUT2D eigenvalue weighted by molar-refractivity contribution is 6.06. The number of aromatic amines is 2. The first-order chi connectivity index (χ1) is 6.09. The first-order valence-electron chi connectivity index (χ1n) is 3.56. The Balaban J connectivity index is 3.10. The summed E-state index contributed by atoms with van der Waals surface area (Å²) in [6.45, 7) is 1.68. The predicted molar refractivity (Wildman–Crippen MR) is 46.9 cm³/mol. The summed E-state index contributed by atoms with van der Waals surface area (Å²) in [4.78, 5) is 31.3. The lowest BCUT2D eigenvalue weighted by molar-refractivity contribution is 0.992. The minimum absolute atomic E-state index is 0.208. The highest BCUT2D eigenvalue weighted by atomic mass is 16.2. The van der Waals surface area contributed by atoms with Crippen LogP contribution in [0.15, 0.2) is 9.59 Å². The SMILES string of the molecule is [B]n1c(=O)[nH]c2nc(C)[nH]c2c1=O. The fourth-order valence-electron chi connectivity index (χ4n) is 1.11. The summed E-state index contributed by atoms with van der Waals surface area (Å²) in [6.07, 6.45) is 0. The van der Waals surface area contributed by atoms with E-state index in [9.17, 15) is 9.59 Å². The van der Waals surface area contributed by atoms with Crippen LogP contribution in [0.25, 0.3) is 11.2 Å². The number of hydrogen-bond acceptors (Lipinski definition) is 3. The molecule has 0 saturated heterocycles. The van der Waals surface area contributed by atoms with Crippen molar-refractivity contribution >= 4 is 19.1 Å². The lowest BCUT2D eigenvalue weighted by atomic mass is 10.4. The van der Waals surface area contributed by atoms with Gasteiger partial charge in [-0.05, 0) is 6.92 Å². The second kappa shape index (κ2) is 2.35. The molecular formula is C6H5BN4O2. The molecule has 0 fully saturated rings. The number of fused-ring (bicyclic) bond motifs is 1. The Labute approximate surface area is 73.1 Å². The van der Waals surface area contributed by atoms with Crippen LogP contribution < -0.4 is 11.2 Å². The zero-order chi connectivity index (χ0) is 9.59. The monoisotopic (exact) mass is 176 g/mol. The van der Waals surface area contributed by atoms with Crippen LogP contribution in [-0.2, 0) is 0 Å². The molecular weight excluding hydrogens is 171 g/mol. The maximum absolute atomic E-state index is 11.3. The van der Waals surface area contributed by atoms with E-state index < -0.39 is 11.2 Å². The third kappa shape index (κ3) is 1.00. The van der Waals surface area contributed by atoms with Crippen LogP contribution in [0, 0.1) is 6.92 Å². The van der Waals surface area contributed by atoms with Crippen molar-refractivity contribution in [2.24, 2.45) is 0 Å². The van der Waals surface area contributed by atoms with Crippen LogP contribution in [0.5, 0.6) is 0 Å². The lowest BCUT2D eigenvalue weighted by Crippen LogP contribution is -2.33. The average molecular weight is 176 g/mol. The van der Waals surface area contributed by atoms with E-state index in [1.807, 2.05) is 0 Å². The molecule has 6 nitrogen and oxygen atoms in total. The van der Waals surface area contributed by atoms with Crippen molar-refractivity contribution in [2.45, 2.75) is 6.92 Å². The maximum Gasteiger partial charge on any atom is 0.316 e. The smallest absolute Gasteiger partial charge is 0.316 e. The zero-order valence-electron chi connectivity index (χ0n) is 6.79. The molecule has 64 valence electrons. The van der Waals surface area contributed by atoms with Gasteiger partial charge in [-0.1, -0.05) is 0 Å². The molecule has 0 bridgehead atoms. The summed E-state index contributed by atoms with van der Waals surface area (Å²) in [6, 6.07) is 0. The van der Waals surface area contributed by atoms with E-state index in [4.69, 9.17) is 7.98 Å². The minimum atomic E-state index is -0.677. The summed E-state index contributed by atoms with van der Waals surface area (Å²) >= 11 is 0. The molecule has 0 aliphatic carbocycles. The average Bonchev–Trinajstić information content (AvgIpc) is 2.42. The molecule has 2 rings (SSSR count). The molecule has 2 aromatic rings. The fraction of sp³-hybridized carbons (Fsp3) is 0.167. The molecule has 7 heteroatoms. The second-order valence-corrected chi connectivity index (χ2v) is 2.65. The van der Waals surface area contributed by atoms with Gasteiger partial charge in [-0.3, -0.25) is 9.78 Å². The van der Waals surface area contributed by atoms with Crippen LogP contribution in [0.2, 0.25) is 0 Å². The molecule has 0 spiro atoms. The molecule has 0 aliphatic rings. The van der Waals surface area contributed by atoms with Gasteiger partial charge in [0.25, 0.3) is 5.56 Å². The van der Waals surface area contributed by atoms with Gasteiger partial charge >= 0.3 is 5.69 Å². The zero-order valence-corrected chi connectivity index (χ0v) is 6.79. The molecule has 2 heterocycles. The van der Waals surface area contributed by atoms with Gasteiger partial charge in [0, 0.05) is 0 Å². The Bertz CT molecular complexity index is 578. The number of aromatic nitrogens is 4. The van der Waals surface area contributed by atoms with Crippen LogP contribution in [0.3, 0.4) is 0 Å². The largest absolute Gasteiger partial charge is 0.336 e. The van der Waals surface area contributed by atoms with E-state index in [2.05, 4.69) is 15.0 Å². The summed E-state index contributed by atoms with van der Waals surface area (Å²) in [5.41, 5.74) is -0.822. The molecule has 0 atom stereocenters. The number of imidazole rings is 1. The molecule has 2 radical (unpaired) electrons. The van der Waals surface area contributed by atoms with E-state index in [-0.39, 0.29) is 11.2 Å². The minimum Gasteiger partial charge on any atom is -0.336 e. The van der Waals surface area contributed by atoms with Crippen molar-refractivity contribution in [3.63, 3.8) is 0 Å². The van der Waals surface area contributed by atoms with Gasteiger partial charge in [0.15, 0.2) is 5.65 Å². The Morgan fingerprint density at radius 2 is 2.08 bits per heavy atom. The summed E-state index contributed by atoms with van der Waals surface area (Å²) < 4.78 is 0.500. The van der Waals surface area contributed by atoms with Crippen molar-refractivity contribution in [3.8, 4) is 0 Å². The third-order valence-electron chi connectivity index (χ3n) is 1.70. The summed E-state index contributed by atoms with van der Waals surface area (Å²) in [7, 11) is 5.17. The van der Waals surface area contributed by atoms with Gasteiger partial charge in [0.2, 0.25) is 7.98 Å². The summed E-state index contributed by atoms with van der Waals surface area (Å²) in [5, 5.41) is 0. The van der Waals surface area contributed by atoms with Crippen LogP contribution in [0.1, 0.15) is 5.82 Å².